The van der Waals surface area contributed by atoms with E-state index in [4.69, 9.17) is 0 Å². The van der Waals surface area contributed by atoms with E-state index in [2.05, 4.69) is 24.7 Å². The van der Waals surface area contributed by atoms with Gasteiger partial charge in [0.05, 0.1) is 5.41 Å². The van der Waals surface area contributed by atoms with Gasteiger partial charge in [0.25, 0.3) is 0 Å². The van der Waals surface area contributed by atoms with Crippen LogP contribution in [0, 0.1) is 23.2 Å². The van der Waals surface area contributed by atoms with Crippen molar-refractivity contribution in [3.63, 3.8) is 0 Å². The third-order valence-corrected chi connectivity index (χ3v) is 7.80. The number of hydrogen-bond acceptors (Lipinski definition) is 5. The number of rotatable bonds is 5. The van der Waals surface area contributed by atoms with E-state index in [0.717, 1.165) is 63.0 Å². The third kappa shape index (κ3) is 4.56. The van der Waals surface area contributed by atoms with Crippen LogP contribution >= 0.6 is 24.8 Å². The van der Waals surface area contributed by atoms with E-state index in [1.165, 1.54) is 38.5 Å². The molecule has 8 heteroatoms. The van der Waals surface area contributed by atoms with Crippen LogP contribution in [0.4, 0.5) is 5.95 Å². The molecule has 5 aliphatic rings. The Balaban J connectivity index is 0.00000128. The molecular formula is C22H35Cl2N5O. The number of likely N-dealkylation sites (N-methyl/N-ethyl adjacent to an activating group) is 1. The van der Waals surface area contributed by atoms with E-state index in [-0.39, 0.29) is 30.2 Å². The lowest BCUT2D eigenvalue weighted by Gasteiger charge is -2.56. The lowest BCUT2D eigenvalue weighted by Crippen LogP contribution is -2.55. The van der Waals surface area contributed by atoms with Gasteiger partial charge in [-0.05, 0) is 62.3 Å². The van der Waals surface area contributed by atoms with Crippen LogP contribution in [0.1, 0.15) is 38.5 Å². The number of halogens is 2. The average Bonchev–Trinajstić information content (AvgIpc) is 2.71. The van der Waals surface area contributed by atoms with E-state index in [1.807, 2.05) is 13.1 Å². The van der Waals surface area contributed by atoms with E-state index in [0.29, 0.717) is 5.91 Å². The molecule has 5 fully saturated rings. The summed E-state index contributed by atoms with van der Waals surface area (Å²) in [4.78, 5) is 28.9. The monoisotopic (exact) mass is 455 g/mol. The lowest BCUT2D eigenvalue weighted by atomic mass is 9.49. The van der Waals surface area contributed by atoms with Crippen molar-refractivity contribution in [3.05, 3.63) is 18.5 Å². The lowest BCUT2D eigenvalue weighted by molar-refractivity contribution is -0.156. The predicted molar refractivity (Wildman–Crippen MR) is 123 cm³/mol. The van der Waals surface area contributed by atoms with Crippen molar-refractivity contribution in [1.29, 1.82) is 0 Å². The van der Waals surface area contributed by atoms with Gasteiger partial charge in [-0.2, -0.15) is 0 Å². The molecule has 0 N–H and O–H groups in total. The number of carbonyl (C=O) groups is 1. The van der Waals surface area contributed by atoms with Gasteiger partial charge in [-0.25, -0.2) is 9.97 Å². The number of nitrogens with zero attached hydrogens (tertiary/aromatic N) is 5. The second-order valence-corrected chi connectivity index (χ2v) is 9.80. The number of anilines is 1. The maximum Gasteiger partial charge on any atom is 0.228 e. The Hall–Kier alpha value is -1.11. The molecule has 2 heterocycles. The molecule has 168 valence electrons. The Morgan fingerprint density at radius 1 is 1.00 bits per heavy atom. The molecule has 1 amide bonds. The molecule has 4 aliphatic carbocycles. The van der Waals surface area contributed by atoms with Gasteiger partial charge in [-0.1, -0.05) is 0 Å². The average molecular weight is 456 g/mol. The minimum atomic E-state index is -0.00710. The fraction of sp³-hybridized carbons (Fsp3) is 0.773. The van der Waals surface area contributed by atoms with Crippen LogP contribution in [0.5, 0.6) is 0 Å². The Bertz CT molecular complexity index is 675. The molecule has 0 radical (unpaired) electrons. The number of hydrogen-bond donors (Lipinski definition) is 0. The Kier molecular flexibility index (Phi) is 7.52. The first kappa shape index (κ1) is 23.6. The summed E-state index contributed by atoms with van der Waals surface area (Å²) in [6, 6.07) is 1.86. The topological polar surface area (TPSA) is 52.6 Å². The highest BCUT2D eigenvalue weighted by Crippen LogP contribution is 2.60. The fourth-order valence-electron chi connectivity index (χ4n) is 6.80. The Morgan fingerprint density at radius 3 is 2.07 bits per heavy atom. The molecular weight excluding hydrogens is 421 g/mol. The highest BCUT2D eigenvalue weighted by molar-refractivity contribution is 5.85. The van der Waals surface area contributed by atoms with Crippen LogP contribution in [0.25, 0.3) is 0 Å². The SMILES string of the molecule is CN(CCN1CCN(c2ncccn2)CC1)C(=O)C12CC3CC(CC(C3)C1)C2.Cl.Cl. The molecule has 30 heavy (non-hydrogen) atoms. The molecule has 0 aromatic carbocycles. The third-order valence-electron chi connectivity index (χ3n) is 7.80. The number of amides is 1. The number of piperazine rings is 1. The molecule has 0 spiro atoms. The Labute approximate surface area is 192 Å². The van der Waals surface area contributed by atoms with Crippen LogP contribution in [0.3, 0.4) is 0 Å². The van der Waals surface area contributed by atoms with Crippen molar-refractivity contribution in [3.8, 4) is 0 Å². The normalized spacial score (nSPS) is 32.3. The number of aromatic nitrogens is 2. The molecule has 1 saturated heterocycles. The summed E-state index contributed by atoms with van der Waals surface area (Å²) in [7, 11) is 2.04. The highest BCUT2D eigenvalue weighted by Gasteiger charge is 2.55. The largest absolute Gasteiger partial charge is 0.344 e. The van der Waals surface area contributed by atoms with Gasteiger partial charge >= 0.3 is 0 Å². The number of carbonyl (C=O) groups excluding carboxylic acids is 1. The van der Waals surface area contributed by atoms with Gasteiger partial charge in [-0.15, -0.1) is 24.8 Å². The zero-order valence-corrected chi connectivity index (χ0v) is 19.5. The van der Waals surface area contributed by atoms with Gasteiger partial charge in [0.2, 0.25) is 11.9 Å². The molecule has 1 aliphatic heterocycles. The van der Waals surface area contributed by atoms with Crippen molar-refractivity contribution in [2.24, 2.45) is 23.2 Å². The van der Waals surface area contributed by atoms with Crippen molar-refractivity contribution in [2.75, 3.05) is 51.2 Å². The molecule has 4 bridgehead atoms. The van der Waals surface area contributed by atoms with E-state index in [9.17, 15) is 4.79 Å². The van der Waals surface area contributed by atoms with Crippen molar-refractivity contribution >= 4 is 36.7 Å². The fourth-order valence-corrected chi connectivity index (χ4v) is 6.80. The Morgan fingerprint density at radius 2 is 1.53 bits per heavy atom. The first-order valence-corrected chi connectivity index (χ1v) is 11.1. The van der Waals surface area contributed by atoms with Crippen LogP contribution < -0.4 is 4.90 Å². The zero-order valence-electron chi connectivity index (χ0n) is 17.9. The van der Waals surface area contributed by atoms with Gasteiger partial charge < -0.3 is 9.80 Å². The summed E-state index contributed by atoms with van der Waals surface area (Å²) in [5.74, 6) is 3.77. The molecule has 4 saturated carbocycles. The molecule has 6 rings (SSSR count). The van der Waals surface area contributed by atoms with Gasteiger partial charge in [0.15, 0.2) is 0 Å². The molecule has 6 nitrogen and oxygen atoms in total. The van der Waals surface area contributed by atoms with Crippen LogP contribution in [0.15, 0.2) is 18.5 Å². The summed E-state index contributed by atoms with van der Waals surface area (Å²) >= 11 is 0. The molecule has 1 aromatic rings. The molecule has 1 aromatic heterocycles. The van der Waals surface area contributed by atoms with Gasteiger partial charge in [-0.3, -0.25) is 9.69 Å². The maximum absolute atomic E-state index is 13.4. The first-order valence-electron chi connectivity index (χ1n) is 11.1. The summed E-state index contributed by atoms with van der Waals surface area (Å²) in [6.45, 7) is 5.75. The van der Waals surface area contributed by atoms with E-state index in [1.54, 1.807) is 12.4 Å². The molecule has 0 unspecified atom stereocenters. The minimum Gasteiger partial charge on any atom is -0.344 e. The maximum atomic E-state index is 13.4. The van der Waals surface area contributed by atoms with Gasteiger partial charge in [0.1, 0.15) is 0 Å². The van der Waals surface area contributed by atoms with Crippen molar-refractivity contribution in [2.45, 2.75) is 38.5 Å². The summed E-state index contributed by atoms with van der Waals surface area (Å²) in [5, 5.41) is 0. The summed E-state index contributed by atoms with van der Waals surface area (Å²) < 4.78 is 0. The second kappa shape index (κ2) is 9.58. The molecule has 0 atom stereocenters. The standard InChI is InChI=1S/C22H33N5O.2ClH/c1-25(20(28)22-14-17-11-18(15-22)13-19(12-17)16-22)5-6-26-7-9-27(10-8-26)21-23-3-2-4-24-21;;/h2-4,17-19H,5-16H2,1H3;2*1H. The summed E-state index contributed by atoms with van der Waals surface area (Å²) in [6.07, 6.45) is 11.3. The second-order valence-electron chi connectivity index (χ2n) is 9.80. The van der Waals surface area contributed by atoms with Crippen LogP contribution in [-0.4, -0.2) is 72.0 Å². The first-order chi connectivity index (χ1) is 13.6. The van der Waals surface area contributed by atoms with E-state index >= 15 is 0 Å². The quantitative estimate of drug-likeness (QED) is 0.682. The van der Waals surface area contributed by atoms with Crippen LogP contribution in [-0.2, 0) is 4.79 Å². The van der Waals surface area contributed by atoms with Gasteiger partial charge in [0, 0.05) is 58.7 Å². The highest BCUT2D eigenvalue weighted by atomic mass is 35.5. The minimum absolute atomic E-state index is 0. The zero-order chi connectivity index (χ0) is 19.1. The smallest absolute Gasteiger partial charge is 0.228 e. The predicted octanol–water partition coefficient (Wildman–Crippen LogP) is 3.12. The van der Waals surface area contributed by atoms with Crippen LogP contribution in [0.2, 0.25) is 0 Å². The van der Waals surface area contributed by atoms with Crippen molar-refractivity contribution < 1.29 is 4.79 Å². The summed E-state index contributed by atoms with van der Waals surface area (Å²) in [5.41, 5.74) is -0.00710. The van der Waals surface area contributed by atoms with E-state index < -0.39 is 0 Å². The van der Waals surface area contributed by atoms with Crippen molar-refractivity contribution in [1.82, 2.24) is 19.8 Å².